The van der Waals surface area contributed by atoms with Gasteiger partial charge in [-0.1, -0.05) is 13.3 Å². The molecular formula is C11H16O4. The van der Waals surface area contributed by atoms with Crippen molar-refractivity contribution < 1.29 is 19.4 Å². The van der Waals surface area contributed by atoms with Crippen LogP contribution in [0.3, 0.4) is 0 Å². The van der Waals surface area contributed by atoms with Gasteiger partial charge in [-0.05, 0) is 19.3 Å². The van der Waals surface area contributed by atoms with Crippen LogP contribution in [0.1, 0.15) is 39.0 Å². The monoisotopic (exact) mass is 212 g/mol. The normalized spacial score (nSPS) is 35.3. The molecule has 0 spiro atoms. The van der Waals surface area contributed by atoms with Crippen LogP contribution < -0.4 is 0 Å². The molecule has 0 aromatic rings. The van der Waals surface area contributed by atoms with Crippen LogP contribution in [0.4, 0.5) is 0 Å². The number of cyclic esters (lactones) is 1. The van der Waals surface area contributed by atoms with Crippen molar-refractivity contribution in [3.63, 3.8) is 0 Å². The molecule has 0 aromatic carbocycles. The Morgan fingerprint density at radius 2 is 2.27 bits per heavy atom. The molecule has 4 heteroatoms. The largest absolute Gasteiger partial charge is 0.478 e. The second-order valence-electron chi connectivity index (χ2n) is 4.58. The summed E-state index contributed by atoms with van der Waals surface area (Å²) in [7, 11) is 0. The standard InChI is InChI=1S/C11H16O4/c1-2-3-7-6-11(10(13)14,8-4-5-8)15-9(7)12/h7-8H,2-6H2,1H3,(H,13,14). The number of rotatable bonds is 4. The lowest BCUT2D eigenvalue weighted by molar-refractivity contribution is -0.172. The molecule has 0 amide bonds. The first-order valence-corrected chi connectivity index (χ1v) is 5.56. The van der Waals surface area contributed by atoms with Crippen molar-refractivity contribution >= 4 is 11.9 Å². The van der Waals surface area contributed by atoms with Crippen LogP contribution in [0.15, 0.2) is 0 Å². The van der Waals surface area contributed by atoms with Crippen molar-refractivity contribution in [1.29, 1.82) is 0 Å². The maximum atomic E-state index is 11.5. The van der Waals surface area contributed by atoms with Crippen LogP contribution in [-0.4, -0.2) is 22.6 Å². The maximum Gasteiger partial charge on any atom is 0.348 e. The van der Waals surface area contributed by atoms with E-state index in [1.165, 1.54) is 0 Å². The topological polar surface area (TPSA) is 63.6 Å². The molecule has 0 aromatic heterocycles. The Labute approximate surface area is 88.6 Å². The SMILES string of the molecule is CCCC1CC(C(=O)O)(C2CC2)OC1=O. The molecule has 0 radical (unpaired) electrons. The van der Waals surface area contributed by atoms with Gasteiger partial charge in [0.1, 0.15) is 0 Å². The number of carbonyl (C=O) groups excluding carboxylic acids is 1. The van der Waals surface area contributed by atoms with Crippen LogP contribution in [-0.2, 0) is 14.3 Å². The quantitative estimate of drug-likeness (QED) is 0.718. The van der Waals surface area contributed by atoms with Crippen LogP contribution >= 0.6 is 0 Å². The highest BCUT2D eigenvalue weighted by atomic mass is 16.6. The predicted molar refractivity (Wildman–Crippen MR) is 52.2 cm³/mol. The molecule has 2 unspecified atom stereocenters. The zero-order valence-corrected chi connectivity index (χ0v) is 8.86. The summed E-state index contributed by atoms with van der Waals surface area (Å²) in [5.74, 6) is -1.42. The molecule has 15 heavy (non-hydrogen) atoms. The molecule has 1 saturated heterocycles. The lowest BCUT2D eigenvalue weighted by Gasteiger charge is -2.21. The fraction of sp³-hybridized carbons (Fsp3) is 0.818. The minimum atomic E-state index is -1.18. The molecule has 1 saturated carbocycles. The van der Waals surface area contributed by atoms with E-state index in [0.29, 0.717) is 6.42 Å². The highest BCUT2D eigenvalue weighted by Gasteiger charge is 2.60. The van der Waals surface area contributed by atoms with Gasteiger partial charge in [-0.3, -0.25) is 4.79 Å². The van der Waals surface area contributed by atoms with E-state index in [1.54, 1.807) is 0 Å². The van der Waals surface area contributed by atoms with E-state index in [4.69, 9.17) is 4.74 Å². The number of carboxylic acids is 1. The lowest BCUT2D eigenvalue weighted by Crippen LogP contribution is -2.40. The molecule has 2 fully saturated rings. The Bertz CT molecular complexity index is 295. The van der Waals surface area contributed by atoms with Crippen LogP contribution in [0.5, 0.6) is 0 Å². The Hall–Kier alpha value is -1.06. The molecule has 2 atom stereocenters. The smallest absolute Gasteiger partial charge is 0.348 e. The van der Waals surface area contributed by atoms with E-state index in [2.05, 4.69) is 0 Å². The summed E-state index contributed by atoms with van der Waals surface area (Å²) in [4.78, 5) is 22.8. The highest BCUT2D eigenvalue weighted by Crippen LogP contribution is 2.49. The Kier molecular flexibility index (Phi) is 2.44. The number of hydrogen-bond donors (Lipinski definition) is 1. The number of ether oxygens (including phenoxy) is 1. The van der Waals surface area contributed by atoms with E-state index in [0.717, 1.165) is 25.7 Å². The second kappa shape index (κ2) is 3.51. The minimum absolute atomic E-state index is 0.0563. The summed E-state index contributed by atoms with van der Waals surface area (Å²) in [5, 5.41) is 9.20. The average molecular weight is 212 g/mol. The van der Waals surface area contributed by atoms with Crippen LogP contribution in [0, 0.1) is 11.8 Å². The van der Waals surface area contributed by atoms with Gasteiger partial charge in [0.05, 0.1) is 5.92 Å². The van der Waals surface area contributed by atoms with Gasteiger partial charge < -0.3 is 9.84 Å². The lowest BCUT2D eigenvalue weighted by atomic mass is 9.87. The van der Waals surface area contributed by atoms with E-state index >= 15 is 0 Å². The van der Waals surface area contributed by atoms with Gasteiger partial charge in [0.25, 0.3) is 0 Å². The minimum Gasteiger partial charge on any atom is -0.478 e. The zero-order chi connectivity index (χ0) is 11.1. The molecule has 2 aliphatic rings. The van der Waals surface area contributed by atoms with Crippen molar-refractivity contribution in [2.75, 3.05) is 0 Å². The molecular weight excluding hydrogens is 196 g/mol. The third kappa shape index (κ3) is 1.62. The molecule has 2 rings (SSSR count). The van der Waals surface area contributed by atoms with Gasteiger partial charge in [-0.2, -0.15) is 0 Å². The number of esters is 1. The Morgan fingerprint density at radius 3 is 2.73 bits per heavy atom. The van der Waals surface area contributed by atoms with E-state index in [-0.39, 0.29) is 17.8 Å². The molecule has 1 heterocycles. The number of aliphatic carboxylic acids is 1. The predicted octanol–water partition coefficient (Wildman–Crippen LogP) is 1.58. The number of carboxylic acid groups (broad SMARTS) is 1. The first-order valence-electron chi connectivity index (χ1n) is 5.56. The van der Waals surface area contributed by atoms with Gasteiger partial charge in [-0.15, -0.1) is 0 Å². The summed E-state index contributed by atoms with van der Waals surface area (Å²) < 4.78 is 5.16. The summed E-state index contributed by atoms with van der Waals surface area (Å²) in [6, 6.07) is 0. The van der Waals surface area contributed by atoms with Crippen LogP contribution in [0.2, 0.25) is 0 Å². The van der Waals surface area contributed by atoms with E-state index in [1.807, 2.05) is 6.92 Å². The molecule has 4 nitrogen and oxygen atoms in total. The van der Waals surface area contributed by atoms with E-state index in [9.17, 15) is 14.7 Å². The van der Waals surface area contributed by atoms with Crippen molar-refractivity contribution in [1.82, 2.24) is 0 Å². The third-order valence-corrected chi connectivity index (χ3v) is 3.40. The summed E-state index contributed by atoms with van der Waals surface area (Å²) in [5.41, 5.74) is -1.18. The van der Waals surface area contributed by atoms with E-state index < -0.39 is 11.6 Å². The van der Waals surface area contributed by atoms with Gasteiger partial charge >= 0.3 is 11.9 Å². The van der Waals surface area contributed by atoms with Gasteiger partial charge in [-0.25, -0.2) is 4.79 Å². The van der Waals surface area contributed by atoms with Crippen molar-refractivity contribution in [3.05, 3.63) is 0 Å². The molecule has 84 valence electrons. The highest BCUT2D eigenvalue weighted by molar-refractivity contribution is 5.87. The van der Waals surface area contributed by atoms with Crippen molar-refractivity contribution in [2.45, 2.75) is 44.6 Å². The third-order valence-electron chi connectivity index (χ3n) is 3.40. The van der Waals surface area contributed by atoms with Crippen molar-refractivity contribution in [3.8, 4) is 0 Å². The second-order valence-corrected chi connectivity index (χ2v) is 4.58. The maximum absolute atomic E-state index is 11.5. The summed E-state index contributed by atoms with van der Waals surface area (Å²) >= 11 is 0. The van der Waals surface area contributed by atoms with Gasteiger partial charge in [0.2, 0.25) is 5.60 Å². The fourth-order valence-corrected chi connectivity index (χ4v) is 2.43. The van der Waals surface area contributed by atoms with Gasteiger partial charge in [0.15, 0.2) is 0 Å². The summed E-state index contributed by atoms with van der Waals surface area (Å²) in [6.45, 7) is 1.99. The number of carbonyl (C=O) groups is 2. The van der Waals surface area contributed by atoms with Crippen molar-refractivity contribution in [2.24, 2.45) is 11.8 Å². The molecule has 1 N–H and O–H groups in total. The first kappa shape index (κ1) is 10.5. The fourth-order valence-electron chi connectivity index (χ4n) is 2.43. The zero-order valence-electron chi connectivity index (χ0n) is 8.86. The Balaban J connectivity index is 2.15. The van der Waals surface area contributed by atoms with Crippen LogP contribution in [0.25, 0.3) is 0 Å². The number of hydrogen-bond acceptors (Lipinski definition) is 3. The first-order chi connectivity index (χ1) is 7.10. The molecule has 1 aliphatic carbocycles. The average Bonchev–Trinajstić information content (AvgIpc) is 2.95. The molecule has 1 aliphatic heterocycles. The molecule has 0 bridgehead atoms. The van der Waals surface area contributed by atoms with Gasteiger partial charge in [0, 0.05) is 12.3 Å². The summed E-state index contributed by atoms with van der Waals surface area (Å²) in [6.07, 6.45) is 3.75. The Morgan fingerprint density at radius 1 is 1.60 bits per heavy atom.